The van der Waals surface area contributed by atoms with E-state index < -0.39 is 28.0 Å². The monoisotopic (exact) mass is 280 g/mol. The standard InChI is InChI=1S/C12H20N2O2Si2/c1-17(2,3)9-7-11(15)13-14-12(16)8-10-18(4,5)6/h1-6H3,(H,13,15)(H,14,16). The molecular weight excluding hydrogens is 260 g/mol. The summed E-state index contributed by atoms with van der Waals surface area (Å²) in [6.07, 6.45) is 0. The molecule has 0 fully saturated rings. The fourth-order valence-corrected chi connectivity index (χ4v) is 1.64. The van der Waals surface area contributed by atoms with Crippen LogP contribution >= 0.6 is 0 Å². The highest BCUT2D eigenvalue weighted by Crippen LogP contribution is 1.96. The molecule has 0 rings (SSSR count). The highest BCUT2D eigenvalue weighted by atomic mass is 28.3. The normalized spacial score (nSPS) is 10.3. The first-order valence-electron chi connectivity index (χ1n) is 5.66. The molecule has 0 saturated carbocycles. The average molecular weight is 280 g/mol. The molecular formula is C12H20N2O2Si2. The maximum atomic E-state index is 11.3. The molecule has 0 atom stereocenters. The van der Waals surface area contributed by atoms with Gasteiger partial charge in [-0.3, -0.25) is 20.4 Å². The van der Waals surface area contributed by atoms with Gasteiger partial charge in [-0.1, -0.05) is 39.3 Å². The van der Waals surface area contributed by atoms with Crippen LogP contribution in [0.2, 0.25) is 39.3 Å². The minimum absolute atomic E-state index is 0.513. The molecule has 0 radical (unpaired) electrons. The largest absolute Gasteiger partial charge is 0.313 e. The second-order valence-electron chi connectivity index (χ2n) is 5.91. The van der Waals surface area contributed by atoms with Gasteiger partial charge in [0, 0.05) is 0 Å². The van der Waals surface area contributed by atoms with Crippen molar-refractivity contribution in [3.63, 3.8) is 0 Å². The number of rotatable bonds is 0. The number of carbonyl (C=O) groups excluding carboxylic acids is 2. The van der Waals surface area contributed by atoms with Crippen LogP contribution in [-0.4, -0.2) is 28.0 Å². The molecule has 2 amide bonds. The molecule has 0 saturated heterocycles. The van der Waals surface area contributed by atoms with Gasteiger partial charge in [0.05, 0.1) is 0 Å². The summed E-state index contributed by atoms with van der Waals surface area (Å²) in [4.78, 5) is 22.6. The van der Waals surface area contributed by atoms with E-state index in [4.69, 9.17) is 0 Å². The Hall–Kier alpha value is -1.51. The van der Waals surface area contributed by atoms with Crippen LogP contribution in [0.5, 0.6) is 0 Å². The molecule has 0 unspecified atom stereocenters. The molecule has 0 heterocycles. The van der Waals surface area contributed by atoms with E-state index in [1.165, 1.54) is 0 Å². The number of hydrogen-bond donors (Lipinski definition) is 2. The SMILES string of the molecule is C[Si](C)(C)C#CC(=O)NNC(=O)C#C[Si](C)(C)C. The Labute approximate surface area is 111 Å². The van der Waals surface area contributed by atoms with Gasteiger partial charge in [-0.25, -0.2) is 0 Å². The van der Waals surface area contributed by atoms with E-state index in [2.05, 4.69) is 33.8 Å². The van der Waals surface area contributed by atoms with E-state index in [9.17, 15) is 9.59 Å². The first kappa shape index (κ1) is 16.5. The van der Waals surface area contributed by atoms with Crippen LogP contribution in [0.25, 0.3) is 0 Å². The van der Waals surface area contributed by atoms with Gasteiger partial charge in [-0.2, -0.15) is 0 Å². The minimum atomic E-state index is -1.57. The Morgan fingerprint density at radius 1 is 0.722 bits per heavy atom. The van der Waals surface area contributed by atoms with E-state index in [0.717, 1.165) is 0 Å². The Kier molecular flexibility index (Phi) is 5.89. The summed E-state index contributed by atoms with van der Waals surface area (Å²) < 4.78 is 0. The molecule has 0 bridgehead atoms. The third-order valence-electron chi connectivity index (χ3n) is 1.39. The highest BCUT2D eigenvalue weighted by Gasteiger charge is 2.09. The molecule has 0 aliphatic rings. The lowest BCUT2D eigenvalue weighted by molar-refractivity contribution is -0.122. The van der Waals surface area contributed by atoms with Crippen LogP contribution in [0.4, 0.5) is 0 Å². The summed E-state index contributed by atoms with van der Waals surface area (Å²) in [7, 11) is -3.15. The smallest absolute Gasteiger partial charge is 0.258 e. The van der Waals surface area contributed by atoms with Crippen LogP contribution in [0.3, 0.4) is 0 Å². The number of hydrogen-bond acceptors (Lipinski definition) is 2. The van der Waals surface area contributed by atoms with Crippen molar-refractivity contribution in [1.82, 2.24) is 10.9 Å². The zero-order chi connectivity index (χ0) is 14.4. The van der Waals surface area contributed by atoms with Gasteiger partial charge in [0.15, 0.2) is 0 Å². The molecule has 0 aliphatic heterocycles. The highest BCUT2D eigenvalue weighted by molar-refractivity contribution is 6.84. The molecule has 0 aromatic rings. The van der Waals surface area contributed by atoms with Crippen molar-refractivity contribution >= 4 is 28.0 Å². The van der Waals surface area contributed by atoms with Crippen molar-refractivity contribution in [3.05, 3.63) is 0 Å². The lowest BCUT2D eigenvalue weighted by Crippen LogP contribution is -2.40. The van der Waals surface area contributed by atoms with Crippen LogP contribution in [0.1, 0.15) is 0 Å². The zero-order valence-electron chi connectivity index (χ0n) is 11.8. The van der Waals surface area contributed by atoms with Crippen LogP contribution in [0.15, 0.2) is 0 Å². The maximum absolute atomic E-state index is 11.3. The third kappa shape index (κ3) is 11.0. The summed E-state index contributed by atoms with van der Waals surface area (Å²) in [6, 6.07) is 0. The van der Waals surface area contributed by atoms with Crippen LogP contribution in [-0.2, 0) is 9.59 Å². The van der Waals surface area contributed by atoms with Gasteiger partial charge < -0.3 is 0 Å². The Morgan fingerprint density at radius 3 is 1.22 bits per heavy atom. The number of carbonyl (C=O) groups is 2. The number of nitrogens with one attached hydrogen (secondary N) is 2. The summed E-state index contributed by atoms with van der Waals surface area (Å²) in [6.45, 7) is 12.2. The van der Waals surface area contributed by atoms with Gasteiger partial charge in [0.1, 0.15) is 16.1 Å². The zero-order valence-corrected chi connectivity index (χ0v) is 13.8. The molecule has 6 heteroatoms. The summed E-state index contributed by atoms with van der Waals surface area (Å²) in [5, 5.41) is 0. The lowest BCUT2D eigenvalue weighted by atomic mass is 10.6. The van der Waals surface area contributed by atoms with E-state index in [-0.39, 0.29) is 0 Å². The van der Waals surface area contributed by atoms with Crippen molar-refractivity contribution in [2.75, 3.05) is 0 Å². The van der Waals surface area contributed by atoms with Crippen molar-refractivity contribution < 1.29 is 9.59 Å². The lowest BCUT2D eigenvalue weighted by Gasteiger charge is -2.04. The molecule has 2 N–H and O–H groups in total. The minimum Gasteiger partial charge on any atom is -0.258 e. The van der Waals surface area contributed by atoms with Gasteiger partial charge in [0.25, 0.3) is 0 Å². The molecule has 98 valence electrons. The van der Waals surface area contributed by atoms with Crippen molar-refractivity contribution in [2.45, 2.75) is 39.3 Å². The predicted octanol–water partition coefficient (Wildman–Crippen LogP) is 0.895. The third-order valence-corrected chi connectivity index (χ3v) is 3.14. The van der Waals surface area contributed by atoms with Gasteiger partial charge in [0.2, 0.25) is 0 Å². The second-order valence-corrected chi connectivity index (χ2v) is 15.4. The van der Waals surface area contributed by atoms with Crippen molar-refractivity contribution in [2.24, 2.45) is 0 Å². The summed E-state index contributed by atoms with van der Waals surface area (Å²) in [5.41, 5.74) is 10.2. The first-order chi connectivity index (χ1) is 7.99. The number of amides is 2. The van der Waals surface area contributed by atoms with Crippen molar-refractivity contribution in [1.29, 1.82) is 0 Å². The molecule has 0 spiro atoms. The number of hydrazine groups is 1. The van der Waals surface area contributed by atoms with Crippen molar-refractivity contribution in [3.8, 4) is 22.9 Å². The molecule has 0 aromatic heterocycles. The van der Waals surface area contributed by atoms with Gasteiger partial charge in [-0.15, -0.1) is 11.1 Å². The van der Waals surface area contributed by atoms with E-state index in [0.29, 0.717) is 0 Å². The fraction of sp³-hybridized carbons (Fsp3) is 0.500. The van der Waals surface area contributed by atoms with Crippen LogP contribution < -0.4 is 10.9 Å². The quantitative estimate of drug-likeness (QED) is 0.393. The molecule has 18 heavy (non-hydrogen) atoms. The van der Waals surface area contributed by atoms with E-state index in [1.54, 1.807) is 0 Å². The maximum Gasteiger partial charge on any atom is 0.313 e. The van der Waals surface area contributed by atoms with E-state index in [1.807, 2.05) is 39.3 Å². The van der Waals surface area contributed by atoms with Gasteiger partial charge in [-0.05, 0) is 11.8 Å². The molecule has 0 aliphatic carbocycles. The fourth-order valence-electron chi connectivity index (χ4n) is 0.665. The predicted molar refractivity (Wildman–Crippen MR) is 78.5 cm³/mol. The Morgan fingerprint density at radius 2 is 1.00 bits per heavy atom. The average Bonchev–Trinajstić information content (AvgIpc) is 2.18. The Balaban J connectivity index is 4.26. The first-order valence-corrected chi connectivity index (χ1v) is 12.7. The second kappa shape index (κ2) is 6.43. The van der Waals surface area contributed by atoms with Crippen LogP contribution in [0, 0.1) is 22.9 Å². The summed E-state index contributed by atoms with van der Waals surface area (Å²) >= 11 is 0. The molecule has 4 nitrogen and oxygen atoms in total. The topological polar surface area (TPSA) is 58.2 Å². The summed E-state index contributed by atoms with van der Waals surface area (Å²) in [5.74, 6) is 3.89. The van der Waals surface area contributed by atoms with E-state index >= 15 is 0 Å². The molecule has 0 aromatic carbocycles. The Bertz CT molecular complexity index is 407. The van der Waals surface area contributed by atoms with Gasteiger partial charge >= 0.3 is 11.8 Å².